The highest BCUT2D eigenvalue weighted by molar-refractivity contribution is 6.30. The molecule has 98 valence electrons. The van der Waals surface area contributed by atoms with Crippen molar-refractivity contribution in [3.8, 4) is 5.75 Å². The Hall–Kier alpha value is -1.94. The fourth-order valence-electron chi connectivity index (χ4n) is 1.56. The van der Waals surface area contributed by atoms with E-state index in [1.165, 1.54) is 24.3 Å². The van der Waals surface area contributed by atoms with Gasteiger partial charge in [-0.3, -0.25) is 4.79 Å². The smallest absolute Gasteiger partial charge is 0.153 e. The predicted molar refractivity (Wildman–Crippen MR) is 67.5 cm³/mol. The van der Waals surface area contributed by atoms with Crippen molar-refractivity contribution in [2.75, 3.05) is 0 Å². The summed E-state index contributed by atoms with van der Waals surface area (Å²) in [4.78, 5) is 10.8. The number of hydrogen-bond donors (Lipinski definition) is 0. The van der Waals surface area contributed by atoms with E-state index in [0.29, 0.717) is 11.3 Å². The van der Waals surface area contributed by atoms with Gasteiger partial charge in [0.15, 0.2) is 6.29 Å². The molecule has 5 heteroatoms. The maximum Gasteiger partial charge on any atom is 0.153 e. The molecule has 0 saturated carbocycles. The molecule has 0 amide bonds. The number of rotatable bonds is 4. The van der Waals surface area contributed by atoms with Crippen molar-refractivity contribution in [1.82, 2.24) is 0 Å². The molecule has 0 bridgehead atoms. The molecule has 0 fully saturated rings. The number of carbonyl (C=O) groups excluding carboxylic acids is 1. The summed E-state index contributed by atoms with van der Waals surface area (Å²) < 4.78 is 32.0. The number of aldehydes is 1. The van der Waals surface area contributed by atoms with Crippen molar-refractivity contribution in [2.45, 2.75) is 6.61 Å². The first-order valence-corrected chi connectivity index (χ1v) is 5.80. The Morgan fingerprint density at radius 3 is 2.47 bits per heavy atom. The lowest BCUT2D eigenvalue weighted by atomic mass is 10.2. The van der Waals surface area contributed by atoms with Crippen LogP contribution in [0.2, 0.25) is 5.02 Å². The van der Waals surface area contributed by atoms with Crippen LogP contribution in [0.15, 0.2) is 36.4 Å². The van der Waals surface area contributed by atoms with Crippen molar-refractivity contribution in [3.05, 3.63) is 64.2 Å². The summed E-state index contributed by atoms with van der Waals surface area (Å²) in [5.74, 6) is -1.16. The molecule has 2 nitrogen and oxygen atoms in total. The zero-order valence-corrected chi connectivity index (χ0v) is 10.5. The third-order valence-corrected chi connectivity index (χ3v) is 2.77. The van der Waals surface area contributed by atoms with Crippen LogP contribution in [0.25, 0.3) is 0 Å². The van der Waals surface area contributed by atoms with E-state index in [1.807, 2.05) is 0 Å². The molecule has 0 heterocycles. The van der Waals surface area contributed by atoms with Gasteiger partial charge in [-0.25, -0.2) is 8.78 Å². The Labute approximate surface area is 113 Å². The largest absolute Gasteiger partial charge is 0.488 e. The minimum atomic E-state index is -0.693. The minimum absolute atomic E-state index is 0.186. The summed E-state index contributed by atoms with van der Waals surface area (Å²) in [6.07, 6.45) is 0.568. The molecule has 0 unspecified atom stereocenters. The monoisotopic (exact) mass is 282 g/mol. The Balaban J connectivity index is 2.21. The molecule has 0 aliphatic carbocycles. The van der Waals surface area contributed by atoms with Gasteiger partial charge in [-0.05, 0) is 30.3 Å². The molecular weight excluding hydrogens is 274 g/mol. The van der Waals surface area contributed by atoms with Gasteiger partial charge < -0.3 is 4.74 Å². The van der Waals surface area contributed by atoms with E-state index in [0.717, 1.165) is 12.1 Å². The number of benzene rings is 2. The van der Waals surface area contributed by atoms with Crippen LogP contribution in [-0.4, -0.2) is 6.29 Å². The first-order valence-electron chi connectivity index (χ1n) is 5.42. The van der Waals surface area contributed by atoms with Crippen LogP contribution in [0.4, 0.5) is 8.78 Å². The Kier molecular flexibility index (Phi) is 4.12. The lowest BCUT2D eigenvalue weighted by Crippen LogP contribution is -2.03. The van der Waals surface area contributed by atoms with E-state index in [4.69, 9.17) is 16.3 Å². The molecule has 0 aromatic heterocycles. The third kappa shape index (κ3) is 3.09. The molecule has 0 saturated heterocycles. The standard InChI is InChI=1S/C14H9ClF2O2/c15-10-4-5-14(9(6-10)7-18)19-8-11-12(16)2-1-3-13(11)17/h1-7H,8H2. The Bertz CT molecular complexity index is 594. The Morgan fingerprint density at radius 2 is 1.84 bits per heavy atom. The van der Waals surface area contributed by atoms with Gasteiger partial charge in [0.1, 0.15) is 24.0 Å². The lowest BCUT2D eigenvalue weighted by molar-refractivity contribution is 0.111. The average Bonchev–Trinajstić information content (AvgIpc) is 2.39. The van der Waals surface area contributed by atoms with Crippen LogP contribution in [0.3, 0.4) is 0 Å². The first kappa shape index (κ1) is 13.5. The van der Waals surface area contributed by atoms with E-state index in [2.05, 4.69) is 0 Å². The second kappa shape index (κ2) is 5.80. The van der Waals surface area contributed by atoms with E-state index in [1.54, 1.807) is 0 Å². The number of halogens is 3. The van der Waals surface area contributed by atoms with Gasteiger partial charge in [0.05, 0.1) is 11.1 Å². The molecule has 0 radical (unpaired) electrons. The number of ether oxygens (including phenoxy) is 1. The third-order valence-electron chi connectivity index (χ3n) is 2.53. The molecule has 0 atom stereocenters. The average molecular weight is 283 g/mol. The molecule has 2 aromatic rings. The van der Waals surface area contributed by atoms with E-state index in [9.17, 15) is 13.6 Å². The Morgan fingerprint density at radius 1 is 1.16 bits per heavy atom. The van der Waals surface area contributed by atoms with Crippen molar-refractivity contribution in [2.24, 2.45) is 0 Å². The van der Waals surface area contributed by atoms with Crippen molar-refractivity contribution in [3.63, 3.8) is 0 Å². The van der Waals surface area contributed by atoms with Crippen LogP contribution in [0.1, 0.15) is 15.9 Å². The summed E-state index contributed by atoms with van der Waals surface area (Å²) in [6, 6.07) is 7.98. The van der Waals surface area contributed by atoms with Crippen molar-refractivity contribution >= 4 is 17.9 Å². The van der Waals surface area contributed by atoms with Gasteiger partial charge >= 0.3 is 0 Å². The van der Waals surface area contributed by atoms with Crippen LogP contribution < -0.4 is 4.74 Å². The van der Waals surface area contributed by atoms with Gasteiger partial charge in [-0.1, -0.05) is 17.7 Å². The SMILES string of the molecule is O=Cc1cc(Cl)ccc1OCc1c(F)cccc1F. The van der Waals surface area contributed by atoms with Crippen LogP contribution in [0.5, 0.6) is 5.75 Å². The number of hydrogen-bond acceptors (Lipinski definition) is 2. The minimum Gasteiger partial charge on any atom is -0.488 e. The fourth-order valence-corrected chi connectivity index (χ4v) is 1.74. The topological polar surface area (TPSA) is 26.3 Å². The van der Waals surface area contributed by atoms with Crippen LogP contribution >= 0.6 is 11.6 Å². The van der Waals surface area contributed by atoms with E-state index < -0.39 is 11.6 Å². The van der Waals surface area contributed by atoms with Crippen molar-refractivity contribution in [1.29, 1.82) is 0 Å². The zero-order chi connectivity index (χ0) is 13.8. The molecule has 19 heavy (non-hydrogen) atoms. The highest BCUT2D eigenvalue weighted by Crippen LogP contribution is 2.23. The molecular formula is C14H9ClF2O2. The highest BCUT2D eigenvalue weighted by Gasteiger charge is 2.10. The van der Waals surface area contributed by atoms with E-state index in [-0.39, 0.29) is 23.5 Å². The van der Waals surface area contributed by atoms with Gasteiger partial charge in [-0.2, -0.15) is 0 Å². The number of carbonyl (C=O) groups is 1. The molecule has 2 aromatic carbocycles. The lowest BCUT2D eigenvalue weighted by Gasteiger charge is -2.10. The van der Waals surface area contributed by atoms with Gasteiger partial charge in [0, 0.05) is 5.02 Å². The highest BCUT2D eigenvalue weighted by atomic mass is 35.5. The predicted octanol–water partition coefficient (Wildman–Crippen LogP) is 4.01. The summed E-state index contributed by atoms with van der Waals surface area (Å²) in [5, 5.41) is 0.381. The fraction of sp³-hybridized carbons (Fsp3) is 0.0714. The maximum absolute atomic E-state index is 13.4. The quantitative estimate of drug-likeness (QED) is 0.792. The molecule has 0 aliphatic heterocycles. The molecule has 0 aliphatic rings. The molecule has 2 rings (SSSR count). The molecule has 0 N–H and O–H groups in total. The summed E-state index contributed by atoms with van der Waals surface area (Å²) >= 11 is 5.73. The second-order valence-electron chi connectivity index (χ2n) is 3.79. The zero-order valence-electron chi connectivity index (χ0n) is 9.70. The summed E-state index contributed by atoms with van der Waals surface area (Å²) in [6.45, 7) is -0.305. The van der Waals surface area contributed by atoms with Crippen molar-refractivity contribution < 1.29 is 18.3 Å². The first-order chi connectivity index (χ1) is 9.11. The van der Waals surface area contributed by atoms with Crippen LogP contribution in [-0.2, 0) is 6.61 Å². The van der Waals surface area contributed by atoms with Gasteiger partial charge in [0.25, 0.3) is 0 Å². The van der Waals surface area contributed by atoms with Gasteiger partial charge in [-0.15, -0.1) is 0 Å². The van der Waals surface area contributed by atoms with Crippen LogP contribution in [0, 0.1) is 11.6 Å². The van der Waals surface area contributed by atoms with E-state index >= 15 is 0 Å². The molecule has 0 spiro atoms. The second-order valence-corrected chi connectivity index (χ2v) is 4.23. The van der Waals surface area contributed by atoms with Gasteiger partial charge in [0.2, 0.25) is 0 Å². The normalized spacial score (nSPS) is 10.3. The summed E-state index contributed by atoms with van der Waals surface area (Å²) in [7, 11) is 0. The maximum atomic E-state index is 13.4. The summed E-state index contributed by atoms with van der Waals surface area (Å²) in [5.41, 5.74) is 0.0403.